The molecule has 1 heterocycles. The number of ether oxygens (including phenoxy) is 2. The van der Waals surface area contributed by atoms with Crippen LogP contribution in [0.15, 0.2) is 48.5 Å². The zero-order valence-corrected chi connectivity index (χ0v) is 14.9. The maximum atomic E-state index is 7.03. The maximum Gasteiger partial charge on any atom is 0.164 e. The summed E-state index contributed by atoms with van der Waals surface area (Å²) in [6.45, 7) is 1.48. The summed E-state index contributed by atoms with van der Waals surface area (Å²) < 4.78 is 11.0. The Kier molecular flexibility index (Phi) is 9.32. The molecular weight excluding hydrogens is 339 g/mol. The van der Waals surface area contributed by atoms with Crippen LogP contribution in [0.25, 0.3) is 5.73 Å². The summed E-state index contributed by atoms with van der Waals surface area (Å²) in [4.78, 5) is 0. The molecular formula is C17H19NO2Y-2. The molecule has 1 N–H and O–H groups in total. The summed E-state index contributed by atoms with van der Waals surface area (Å²) in [6.07, 6.45) is 2.14. The van der Waals surface area contributed by atoms with Crippen molar-refractivity contribution in [2.45, 2.75) is 12.8 Å². The van der Waals surface area contributed by atoms with E-state index in [1.165, 1.54) is 5.56 Å². The molecule has 1 aliphatic rings. The first-order valence-electron chi connectivity index (χ1n) is 6.85. The summed E-state index contributed by atoms with van der Waals surface area (Å²) in [7, 11) is 0. The summed E-state index contributed by atoms with van der Waals surface area (Å²) in [5.41, 5.74) is 8.25. The SMILES string of the molecule is [NH-]CCOc1cccc2c1OCCC2.[Y].[c-]1ccccc1. The van der Waals surface area contributed by atoms with Crippen LogP contribution in [-0.2, 0) is 39.1 Å². The molecule has 1 aliphatic heterocycles. The van der Waals surface area contributed by atoms with Crippen molar-refractivity contribution in [1.29, 1.82) is 0 Å². The van der Waals surface area contributed by atoms with Gasteiger partial charge in [0, 0.05) is 32.7 Å². The van der Waals surface area contributed by atoms with Crippen LogP contribution in [0.3, 0.4) is 0 Å². The minimum absolute atomic E-state index is 0. The van der Waals surface area contributed by atoms with Crippen LogP contribution in [0.2, 0.25) is 0 Å². The molecule has 0 atom stereocenters. The van der Waals surface area contributed by atoms with Gasteiger partial charge in [-0.15, -0.1) is 6.54 Å². The average Bonchev–Trinajstić information content (AvgIpc) is 2.55. The standard InChI is InChI=1S/C11H14NO2.C6H5.Y/c12-6-8-13-10-5-1-3-9-4-2-7-14-11(9)10;1-2-4-6-5-3-1;/h1,3,5,12H,2,4,6-8H2;1-5H;/q2*-1;. The minimum atomic E-state index is 0. The zero-order chi connectivity index (χ0) is 14.0. The molecule has 0 spiro atoms. The molecule has 0 aliphatic carbocycles. The van der Waals surface area contributed by atoms with E-state index in [2.05, 4.69) is 12.1 Å². The number of aryl methyl sites for hydroxylation is 1. The Bertz CT molecular complexity index is 479. The van der Waals surface area contributed by atoms with E-state index in [4.69, 9.17) is 15.2 Å². The Hall–Kier alpha value is -0.896. The van der Waals surface area contributed by atoms with Crippen LogP contribution in [0.1, 0.15) is 12.0 Å². The molecule has 2 aromatic rings. The predicted molar refractivity (Wildman–Crippen MR) is 80.2 cm³/mol. The fourth-order valence-corrected chi connectivity index (χ4v) is 1.98. The minimum Gasteiger partial charge on any atom is -0.675 e. The summed E-state index contributed by atoms with van der Waals surface area (Å²) in [5, 5.41) is 0. The van der Waals surface area contributed by atoms with Gasteiger partial charge in [-0.25, -0.2) is 0 Å². The zero-order valence-electron chi connectivity index (χ0n) is 12.0. The van der Waals surface area contributed by atoms with Crippen molar-refractivity contribution in [3.8, 4) is 11.5 Å². The average molecular weight is 358 g/mol. The molecule has 3 nitrogen and oxygen atoms in total. The maximum absolute atomic E-state index is 7.03. The topological polar surface area (TPSA) is 42.3 Å². The van der Waals surface area contributed by atoms with E-state index in [0.29, 0.717) is 6.61 Å². The van der Waals surface area contributed by atoms with E-state index in [-0.39, 0.29) is 39.3 Å². The third kappa shape index (κ3) is 6.17. The van der Waals surface area contributed by atoms with Gasteiger partial charge in [0.2, 0.25) is 0 Å². The second kappa shape index (κ2) is 10.8. The van der Waals surface area contributed by atoms with E-state index in [1.807, 2.05) is 42.5 Å². The van der Waals surface area contributed by atoms with Crippen molar-refractivity contribution in [3.05, 3.63) is 65.9 Å². The first kappa shape index (κ1) is 18.2. The molecule has 1 radical (unpaired) electrons. The Morgan fingerprint density at radius 3 is 2.57 bits per heavy atom. The summed E-state index contributed by atoms with van der Waals surface area (Å²) in [5.74, 6) is 1.67. The van der Waals surface area contributed by atoms with Gasteiger partial charge in [-0.05, 0) is 24.5 Å². The fraction of sp³-hybridized carbons (Fsp3) is 0.294. The Morgan fingerprint density at radius 2 is 1.95 bits per heavy atom. The van der Waals surface area contributed by atoms with Gasteiger partial charge in [-0.2, -0.15) is 36.4 Å². The number of benzene rings is 2. The van der Waals surface area contributed by atoms with Crippen LogP contribution in [0, 0.1) is 6.07 Å². The quantitative estimate of drug-likeness (QED) is 0.781. The largest absolute Gasteiger partial charge is 0.675 e. The van der Waals surface area contributed by atoms with Crippen molar-refractivity contribution in [1.82, 2.24) is 0 Å². The smallest absolute Gasteiger partial charge is 0.164 e. The van der Waals surface area contributed by atoms with Gasteiger partial charge >= 0.3 is 0 Å². The molecule has 21 heavy (non-hydrogen) atoms. The van der Waals surface area contributed by atoms with Crippen molar-refractivity contribution >= 4 is 0 Å². The molecule has 3 rings (SSSR count). The molecule has 0 fully saturated rings. The van der Waals surface area contributed by atoms with Gasteiger partial charge in [0.1, 0.15) is 0 Å². The summed E-state index contributed by atoms with van der Waals surface area (Å²) >= 11 is 0. The molecule has 0 saturated carbocycles. The van der Waals surface area contributed by atoms with E-state index in [9.17, 15) is 0 Å². The number of nitrogens with one attached hydrogen (secondary N) is 1. The number of para-hydroxylation sites is 1. The normalized spacial score (nSPS) is 11.9. The second-order valence-corrected chi connectivity index (χ2v) is 4.37. The Labute approximate surface area is 151 Å². The molecule has 0 saturated heterocycles. The van der Waals surface area contributed by atoms with Crippen LogP contribution < -0.4 is 9.47 Å². The van der Waals surface area contributed by atoms with Gasteiger partial charge < -0.3 is 15.2 Å². The van der Waals surface area contributed by atoms with Crippen LogP contribution in [0.5, 0.6) is 11.5 Å². The van der Waals surface area contributed by atoms with Crippen LogP contribution in [-0.4, -0.2) is 19.8 Å². The second-order valence-electron chi connectivity index (χ2n) is 4.37. The first-order chi connectivity index (χ1) is 9.92. The van der Waals surface area contributed by atoms with Gasteiger partial charge in [0.15, 0.2) is 11.5 Å². The number of hydrogen-bond acceptors (Lipinski definition) is 2. The molecule has 0 amide bonds. The Balaban J connectivity index is 0.000000267. The van der Waals surface area contributed by atoms with Crippen LogP contribution >= 0.6 is 0 Å². The van der Waals surface area contributed by atoms with E-state index in [0.717, 1.165) is 30.9 Å². The molecule has 0 aromatic heterocycles. The van der Waals surface area contributed by atoms with Crippen molar-refractivity contribution in [2.24, 2.45) is 0 Å². The predicted octanol–water partition coefficient (Wildman–Crippen LogP) is 3.93. The van der Waals surface area contributed by atoms with Crippen molar-refractivity contribution in [3.63, 3.8) is 0 Å². The Morgan fingerprint density at radius 1 is 1.14 bits per heavy atom. The third-order valence-corrected chi connectivity index (χ3v) is 2.86. The first-order valence-corrected chi connectivity index (χ1v) is 6.85. The monoisotopic (exact) mass is 358 g/mol. The molecule has 0 bridgehead atoms. The van der Waals surface area contributed by atoms with Crippen LogP contribution in [0.4, 0.5) is 0 Å². The number of hydrogen-bond donors (Lipinski definition) is 0. The van der Waals surface area contributed by atoms with Crippen molar-refractivity contribution < 1.29 is 42.2 Å². The fourth-order valence-electron chi connectivity index (χ4n) is 1.98. The van der Waals surface area contributed by atoms with Gasteiger partial charge in [0.05, 0.1) is 13.2 Å². The van der Waals surface area contributed by atoms with Gasteiger partial charge in [0.25, 0.3) is 0 Å². The van der Waals surface area contributed by atoms with E-state index < -0.39 is 0 Å². The number of rotatable bonds is 3. The molecule has 109 valence electrons. The van der Waals surface area contributed by atoms with Gasteiger partial charge in [-0.1, -0.05) is 12.1 Å². The van der Waals surface area contributed by atoms with Gasteiger partial charge in [-0.3, -0.25) is 0 Å². The van der Waals surface area contributed by atoms with E-state index in [1.54, 1.807) is 0 Å². The summed E-state index contributed by atoms with van der Waals surface area (Å²) in [6, 6.07) is 18.5. The third-order valence-electron chi connectivity index (χ3n) is 2.86. The van der Waals surface area contributed by atoms with E-state index >= 15 is 0 Å². The molecule has 0 unspecified atom stereocenters. The molecule has 4 heteroatoms. The number of fused-ring (bicyclic) bond motifs is 1. The van der Waals surface area contributed by atoms with Crippen molar-refractivity contribution in [2.75, 3.05) is 19.8 Å². The molecule has 2 aromatic carbocycles.